The van der Waals surface area contributed by atoms with Crippen LogP contribution in [0.5, 0.6) is 0 Å². The molecule has 0 amide bonds. The van der Waals surface area contributed by atoms with Gasteiger partial charge in [-0.3, -0.25) is 2.78 Å². The van der Waals surface area contributed by atoms with Crippen LogP contribution in [0.4, 0.5) is 0 Å². The summed E-state index contributed by atoms with van der Waals surface area (Å²) < 4.78 is 7.81. The number of hydrogen-bond donors (Lipinski definition) is 0. The van der Waals surface area contributed by atoms with Crippen molar-refractivity contribution >= 4 is 55.8 Å². The summed E-state index contributed by atoms with van der Waals surface area (Å²) in [6, 6.07) is 12.1. The number of benzene rings is 2. The Kier molecular flexibility index (Phi) is 1.80. The first-order valence-electron chi connectivity index (χ1n) is 5.28. The lowest BCUT2D eigenvalue weighted by Gasteiger charge is -1.93. The summed E-state index contributed by atoms with van der Waals surface area (Å²) in [5.41, 5.74) is 3.93. The van der Waals surface area contributed by atoms with Crippen molar-refractivity contribution in [1.29, 1.82) is 0 Å². The van der Waals surface area contributed by atoms with Gasteiger partial charge < -0.3 is 4.42 Å². The number of aromatic nitrogens is 2. The summed E-state index contributed by atoms with van der Waals surface area (Å²) in [6.07, 6.45) is 1.83. The fourth-order valence-electron chi connectivity index (χ4n) is 2.26. The van der Waals surface area contributed by atoms with E-state index in [4.69, 9.17) is 4.42 Å². The molecular formula is C13H7IN2O. The molecule has 17 heavy (non-hydrogen) atoms. The van der Waals surface area contributed by atoms with E-state index in [1.807, 2.05) is 39.4 Å². The number of fused-ring (bicyclic) bond motifs is 5. The lowest BCUT2D eigenvalue weighted by atomic mass is 10.1. The van der Waals surface area contributed by atoms with E-state index in [2.05, 4.69) is 33.9 Å². The van der Waals surface area contributed by atoms with Gasteiger partial charge in [0.2, 0.25) is 0 Å². The van der Waals surface area contributed by atoms with Crippen LogP contribution in [0.2, 0.25) is 0 Å². The first-order chi connectivity index (χ1) is 8.34. The minimum Gasteiger partial charge on any atom is -0.456 e. The highest BCUT2D eigenvalue weighted by Crippen LogP contribution is 2.33. The Labute approximate surface area is 111 Å². The van der Waals surface area contributed by atoms with Crippen molar-refractivity contribution in [2.75, 3.05) is 0 Å². The zero-order valence-electron chi connectivity index (χ0n) is 8.72. The van der Waals surface area contributed by atoms with Gasteiger partial charge in [0.1, 0.15) is 23.0 Å². The highest BCUT2D eigenvalue weighted by atomic mass is 127. The number of halogens is 1. The minimum absolute atomic E-state index is 0.897. The predicted octanol–water partition coefficient (Wildman–Crippen LogP) is 4.13. The fraction of sp³-hybridized carbons (Fsp3) is 0. The van der Waals surface area contributed by atoms with Crippen LogP contribution in [-0.4, -0.2) is 7.76 Å². The van der Waals surface area contributed by atoms with Crippen LogP contribution in [0.1, 0.15) is 0 Å². The van der Waals surface area contributed by atoms with E-state index in [0.29, 0.717) is 0 Å². The molecule has 0 aliphatic heterocycles. The third kappa shape index (κ3) is 1.18. The largest absolute Gasteiger partial charge is 0.456 e. The average molecular weight is 334 g/mol. The molecule has 0 saturated heterocycles. The molecule has 0 atom stereocenters. The SMILES string of the molecule is In1cnc2c3c(ccc21)oc1ccccc13. The lowest BCUT2D eigenvalue weighted by molar-refractivity contribution is 0.669. The molecule has 0 radical (unpaired) electrons. The zero-order valence-corrected chi connectivity index (χ0v) is 10.9. The molecule has 0 fully saturated rings. The number of hydrogen-bond acceptors (Lipinski definition) is 2. The second kappa shape index (κ2) is 3.22. The summed E-state index contributed by atoms with van der Waals surface area (Å²) in [4.78, 5) is 4.46. The Balaban J connectivity index is 2.38. The third-order valence-electron chi connectivity index (χ3n) is 3.01. The summed E-state index contributed by atoms with van der Waals surface area (Å²) in [5, 5.41) is 2.23. The van der Waals surface area contributed by atoms with Gasteiger partial charge in [-0.2, -0.15) is 0 Å². The van der Waals surface area contributed by atoms with Crippen LogP contribution < -0.4 is 0 Å². The maximum absolute atomic E-state index is 5.82. The van der Waals surface area contributed by atoms with Gasteiger partial charge in [0.05, 0.1) is 33.8 Å². The molecule has 0 aliphatic carbocycles. The van der Waals surface area contributed by atoms with Crippen molar-refractivity contribution < 1.29 is 4.42 Å². The summed E-state index contributed by atoms with van der Waals surface area (Å²) in [7, 11) is 0. The maximum Gasteiger partial charge on any atom is 0.137 e. The average Bonchev–Trinajstić information content (AvgIpc) is 2.90. The highest BCUT2D eigenvalue weighted by molar-refractivity contribution is 14.1. The number of imidazole rings is 1. The second-order valence-electron chi connectivity index (χ2n) is 3.96. The van der Waals surface area contributed by atoms with Crippen LogP contribution in [0.25, 0.3) is 33.0 Å². The molecule has 4 aromatic rings. The number of nitrogens with zero attached hydrogens (tertiary/aromatic N) is 2. The molecular weight excluding hydrogens is 327 g/mol. The van der Waals surface area contributed by atoms with E-state index < -0.39 is 0 Å². The Morgan fingerprint density at radius 2 is 1.94 bits per heavy atom. The Bertz CT molecular complexity index is 860. The fourth-order valence-corrected chi connectivity index (χ4v) is 2.78. The molecule has 3 nitrogen and oxygen atoms in total. The summed E-state index contributed by atoms with van der Waals surface area (Å²) >= 11 is 2.23. The monoisotopic (exact) mass is 334 g/mol. The molecule has 2 heterocycles. The van der Waals surface area contributed by atoms with E-state index in [1.54, 1.807) is 0 Å². The third-order valence-corrected chi connectivity index (χ3v) is 3.78. The van der Waals surface area contributed by atoms with Crippen LogP contribution in [0, 0.1) is 0 Å². The molecule has 0 saturated carbocycles. The van der Waals surface area contributed by atoms with Crippen LogP contribution >= 0.6 is 22.9 Å². The van der Waals surface area contributed by atoms with Crippen LogP contribution in [0.15, 0.2) is 47.1 Å². The first-order valence-corrected chi connectivity index (χ1v) is 6.24. The second-order valence-corrected chi connectivity index (χ2v) is 5.00. The van der Waals surface area contributed by atoms with Gasteiger partial charge >= 0.3 is 0 Å². The molecule has 0 N–H and O–H groups in total. The van der Waals surface area contributed by atoms with Crippen molar-refractivity contribution in [3.8, 4) is 0 Å². The van der Waals surface area contributed by atoms with Crippen molar-refractivity contribution in [2.45, 2.75) is 0 Å². The number of rotatable bonds is 0. The molecule has 0 spiro atoms. The molecule has 2 aromatic carbocycles. The molecule has 0 aliphatic rings. The number of furan rings is 1. The van der Waals surface area contributed by atoms with Crippen LogP contribution in [-0.2, 0) is 0 Å². The Morgan fingerprint density at radius 1 is 1.06 bits per heavy atom. The number of para-hydroxylation sites is 1. The Morgan fingerprint density at radius 3 is 2.88 bits per heavy atom. The van der Waals surface area contributed by atoms with E-state index in [1.165, 1.54) is 0 Å². The van der Waals surface area contributed by atoms with Crippen molar-refractivity contribution in [3.63, 3.8) is 0 Å². The van der Waals surface area contributed by atoms with Gasteiger partial charge in [-0.05, 0) is 18.2 Å². The van der Waals surface area contributed by atoms with Crippen molar-refractivity contribution in [1.82, 2.24) is 7.76 Å². The summed E-state index contributed by atoms with van der Waals surface area (Å²) in [6.45, 7) is 0. The van der Waals surface area contributed by atoms with E-state index in [0.717, 1.165) is 33.0 Å². The van der Waals surface area contributed by atoms with Gasteiger partial charge in [0.25, 0.3) is 0 Å². The molecule has 2 aromatic heterocycles. The van der Waals surface area contributed by atoms with Crippen molar-refractivity contribution in [3.05, 3.63) is 42.7 Å². The topological polar surface area (TPSA) is 31.0 Å². The maximum atomic E-state index is 5.82. The van der Waals surface area contributed by atoms with Gasteiger partial charge in [-0.15, -0.1) is 0 Å². The predicted molar refractivity (Wildman–Crippen MR) is 76.4 cm³/mol. The molecule has 4 rings (SSSR count). The van der Waals surface area contributed by atoms with Gasteiger partial charge in [0, 0.05) is 5.39 Å². The van der Waals surface area contributed by atoms with Gasteiger partial charge in [-0.25, -0.2) is 4.98 Å². The van der Waals surface area contributed by atoms with E-state index in [-0.39, 0.29) is 0 Å². The van der Waals surface area contributed by atoms with E-state index in [9.17, 15) is 0 Å². The highest BCUT2D eigenvalue weighted by Gasteiger charge is 2.12. The Hall–Kier alpha value is -1.56. The van der Waals surface area contributed by atoms with E-state index >= 15 is 0 Å². The lowest BCUT2D eigenvalue weighted by Crippen LogP contribution is -1.75. The quantitative estimate of drug-likeness (QED) is 0.453. The summed E-state index contributed by atoms with van der Waals surface area (Å²) in [5.74, 6) is 0. The molecule has 4 heteroatoms. The standard InChI is InChI=1S/C13H7IN2O/c14-16-7-15-13-9(16)5-6-11-12(13)8-3-1-2-4-10(8)17-11/h1-7H. The minimum atomic E-state index is 0.897. The zero-order chi connectivity index (χ0) is 11.4. The van der Waals surface area contributed by atoms with Gasteiger partial charge in [0.15, 0.2) is 0 Å². The van der Waals surface area contributed by atoms with Crippen LogP contribution in [0.3, 0.4) is 0 Å². The molecule has 0 bridgehead atoms. The smallest absolute Gasteiger partial charge is 0.137 e. The molecule has 0 unspecified atom stereocenters. The van der Waals surface area contributed by atoms with Gasteiger partial charge in [-0.1, -0.05) is 18.2 Å². The normalized spacial score (nSPS) is 11.8. The molecule has 82 valence electrons. The first kappa shape index (κ1) is 9.47. The van der Waals surface area contributed by atoms with Crippen molar-refractivity contribution in [2.24, 2.45) is 0 Å².